The van der Waals surface area contributed by atoms with E-state index in [0.29, 0.717) is 11.8 Å². The number of nitrogens with zero attached hydrogens (tertiary/aromatic N) is 2. The van der Waals surface area contributed by atoms with E-state index >= 15 is 0 Å². The summed E-state index contributed by atoms with van der Waals surface area (Å²) in [5.41, 5.74) is 0.309. The van der Waals surface area contributed by atoms with Crippen LogP contribution in [0.1, 0.15) is 50.5 Å². The first-order valence-corrected chi connectivity index (χ1v) is 7.06. The van der Waals surface area contributed by atoms with E-state index < -0.39 is 5.97 Å². The molecule has 2 aliphatic carbocycles. The molecule has 20 heavy (non-hydrogen) atoms. The molecule has 0 aromatic carbocycles. The van der Waals surface area contributed by atoms with Crippen LogP contribution in [0.2, 0.25) is 0 Å². The molecule has 5 heteroatoms. The van der Waals surface area contributed by atoms with Gasteiger partial charge in [0.1, 0.15) is 6.10 Å². The van der Waals surface area contributed by atoms with Crippen LogP contribution in [0, 0.1) is 16.7 Å². The highest BCUT2D eigenvalue weighted by Gasteiger charge is 2.62. The summed E-state index contributed by atoms with van der Waals surface area (Å²) in [5, 5.41) is 8.95. The summed E-state index contributed by atoms with van der Waals surface area (Å²) in [7, 11) is 0. The fraction of sp³-hybridized carbons (Fsp3) is 0.667. The fourth-order valence-corrected chi connectivity index (χ4v) is 3.96. The average Bonchev–Trinajstić information content (AvgIpc) is 2.72. The molecule has 2 fully saturated rings. The monoisotopic (exact) mass is 276 g/mol. The van der Waals surface area contributed by atoms with Gasteiger partial charge >= 0.3 is 5.97 Å². The minimum atomic E-state index is -1.08. The van der Waals surface area contributed by atoms with Crippen molar-refractivity contribution in [2.45, 2.75) is 46.1 Å². The molecule has 3 atom stereocenters. The SMILES string of the molecule is CC1(C)C2CCC1(C)C(Oc1cncc(C(=O)O)n1)C2. The zero-order valence-corrected chi connectivity index (χ0v) is 12.1. The molecule has 0 spiro atoms. The van der Waals surface area contributed by atoms with E-state index in [1.807, 2.05) is 0 Å². The molecule has 1 heterocycles. The van der Waals surface area contributed by atoms with Crippen molar-refractivity contribution >= 4 is 5.97 Å². The van der Waals surface area contributed by atoms with Crippen molar-refractivity contribution in [2.24, 2.45) is 16.7 Å². The Hall–Kier alpha value is -1.65. The second-order valence-corrected chi connectivity index (χ2v) is 6.76. The number of aromatic nitrogens is 2. The van der Waals surface area contributed by atoms with Gasteiger partial charge in [0, 0.05) is 5.41 Å². The highest BCUT2D eigenvalue weighted by atomic mass is 16.5. The third kappa shape index (κ3) is 1.72. The van der Waals surface area contributed by atoms with Gasteiger partial charge in [-0.15, -0.1) is 0 Å². The quantitative estimate of drug-likeness (QED) is 0.919. The topological polar surface area (TPSA) is 72.3 Å². The van der Waals surface area contributed by atoms with E-state index in [1.54, 1.807) is 0 Å². The van der Waals surface area contributed by atoms with E-state index in [1.165, 1.54) is 18.8 Å². The molecule has 1 N–H and O–H groups in total. The number of hydrogen-bond acceptors (Lipinski definition) is 4. The van der Waals surface area contributed by atoms with Crippen molar-refractivity contribution in [3.63, 3.8) is 0 Å². The Morgan fingerprint density at radius 1 is 1.40 bits per heavy atom. The summed E-state index contributed by atoms with van der Waals surface area (Å²) in [6, 6.07) is 0. The third-order valence-corrected chi connectivity index (χ3v) is 5.81. The highest BCUT2D eigenvalue weighted by molar-refractivity contribution is 5.84. The van der Waals surface area contributed by atoms with Crippen molar-refractivity contribution < 1.29 is 14.6 Å². The molecular weight excluding hydrogens is 256 g/mol. The zero-order chi connectivity index (χ0) is 14.5. The molecule has 3 unspecified atom stereocenters. The van der Waals surface area contributed by atoms with Crippen LogP contribution >= 0.6 is 0 Å². The van der Waals surface area contributed by atoms with Crippen LogP contribution in [0.4, 0.5) is 0 Å². The summed E-state index contributed by atoms with van der Waals surface area (Å²) in [6.45, 7) is 6.90. The number of fused-ring (bicyclic) bond motifs is 2. The minimum absolute atomic E-state index is 0.0740. The fourth-order valence-electron chi connectivity index (χ4n) is 3.96. The largest absolute Gasteiger partial charge is 0.476 e. The maximum Gasteiger partial charge on any atom is 0.356 e. The first-order chi connectivity index (χ1) is 9.34. The molecule has 0 amide bonds. The Morgan fingerprint density at radius 2 is 2.15 bits per heavy atom. The molecule has 0 radical (unpaired) electrons. The van der Waals surface area contributed by atoms with Crippen molar-refractivity contribution in [3.8, 4) is 5.88 Å². The van der Waals surface area contributed by atoms with E-state index in [2.05, 4.69) is 30.7 Å². The molecular formula is C15H20N2O3. The molecule has 108 valence electrons. The Labute approximate surface area is 118 Å². The summed E-state index contributed by atoms with van der Waals surface area (Å²) >= 11 is 0. The van der Waals surface area contributed by atoms with Crippen LogP contribution in [0.3, 0.4) is 0 Å². The van der Waals surface area contributed by atoms with E-state index in [9.17, 15) is 4.79 Å². The lowest BCUT2D eigenvalue weighted by Crippen LogP contribution is -2.39. The lowest BCUT2D eigenvalue weighted by atomic mass is 9.70. The minimum Gasteiger partial charge on any atom is -0.476 e. The smallest absolute Gasteiger partial charge is 0.356 e. The average molecular weight is 276 g/mol. The number of hydrogen-bond donors (Lipinski definition) is 1. The third-order valence-electron chi connectivity index (χ3n) is 5.81. The van der Waals surface area contributed by atoms with Crippen molar-refractivity contribution in [3.05, 3.63) is 18.1 Å². The zero-order valence-electron chi connectivity index (χ0n) is 12.1. The molecule has 3 rings (SSSR count). The van der Waals surface area contributed by atoms with Crippen LogP contribution < -0.4 is 4.74 Å². The van der Waals surface area contributed by atoms with Gasteiger partial charge in [0.05, 0.1) is 12.4 Å². The predicted octanol–water partition coefficient (Wildman–Crippen LogP) is 2.77. The second kappa shape index (κ2) is 4.17. The van der Waals surface area contributed by atoms with Gasteiger partial charge in [-0.05, 0) is 30.6 Å². The van der Waals surface area contributed by atoms with E-state index in [0.717, 1.165) is 12.8 Å². The van der Waals surface area contributed by atoms with E-state index in [4.69, 9.17) is 9.84 Å². The standard InChI is InChI=1S/C15H20N2O3/c1-14(2)9-4-5-15(14,3)11(6-9)20-12-8-16-7-10(17-12)13(18)19/h7-9,11H,4-6H2,1-3H3,(H,18,19). The molecule has 1 aromatic rings. The normalized spacial score (nSPS) is 34.1. The summed E-state index contributed by atoms with van der Waals surface area (Å²) < 4.78 is 6.00. The van der Waals surface area contributed by atoms with Crippen LogP contribution in [0.15, 0.2) is 12.4 Å². The van der Waals surface area contributed by atoms with Crippen molar-refractivity contribution in [2.75, 3.05) is 0 Å². The van der Waals surface area contributed by atoms with Crippen molar-refractivity contribution in [1.29, 1.82) is 0 Å². The molecule has 0 aliphatic heterocycles. The van der Waals surface area contributed by atoms with Gasteiger partial charge in [0.15, 0.2) is 5.69 Å². The van der Waals surface area contributed by atoms with Gasteiger partial charge in [-0.3, -0.25) is 4.98 Å². The van der Waals surface area contributed by atoms with Gasteiger partial charge < -0.3 is 9.84 Å². The number of ether oxygens (including phenoxy) is 1. The summed E-state index contributed by atoms with van der Waals surface area (Å²) in [6.07, 6.45) is 6.25. The molecule has 1 aromatic heterocycles. The second-order valence-electron chi connectivity index (χ2n) is 6.76. The first-order valence-electron chi connectivity index (χ1n) is 7.06. The number of carboxylic acids is 1. The number of carbonyl (C=O) groups is 1. The van der Waals surface area contributed by atoms with Crippen LogP contribution in [0.5, 0.6) is 5.88 Å². The van der Waals surface area contributed by atoms with Crippen LogP contribution in [-0.2, 0) is 0 Å². The van der Waals surface area contributed by atoms with Crippen molar-refractivity contribution in [1.82, 2.24) is 9.97 Å². The molecule has 2 aliphatic rings. The Morgan fingerprint density at radius 3 is 2.70 bits per heavy atom. The first kappa shape index (κ1) is 13.3. The van der Waals surface area contributed by atoms with E-state index in [-0.39, 0.29) is 22.6 Å². The Balaban J connectivity index is 1.83. The maximum absolute atomic E-state index is 10.9. The maximum atomic E-state index is 10.9. The van der Waals surface area contributed by atoms with Crippen LogP contribution in [0.25, 0.3) is 0 Å². The molecule has 2 bridgehead atoms. The Kier molecular flexibility index (Phi) is 2.78. The number of rotatable bonds is 3. The molecule has 2 saturated carbocycles. The van der Waals surface area contributed by atoms with Crippen LogP contribution in [-0.4, -0.2) is 27.1 Å². The lowest BCUT2D eigenvalue weighted by Gasteiger charge is -2.38. The molecule has 0 saturated heterocycles. The Bertz CT molecular complexity index is 558. The van der Waals surface area contributed by atoms with Gasteiger partial charge in [0.25, 0.3) is 0 Å². The molecule has 5 nitrogen and oxygen atoms in total. The van der Waals surface area contributed by atoms with Gasteiger partial charge in [-0.2, -0.15) is 0 Å². The lowest BCUT2D eigenvalue weighted by molar-refractivity contribution is 0.0267. The van der Waals surface area contributed by atoms with Gasteiger partial charge in [-0.25, -0.2) is 9.78 Å². The summed E-state index contributed by atoms with van der Waals surface area (Å²) in [4.78, 5) is 18.8. The highest BCUT2D eigenvalue weighted by Crippen LogP contribution is 2.66. The summed E-state index contributed by atoms with van der Waals surface area (Å²) in [5.74, 6) is -0.0879. The van der Waals surface area contributed by atoms with Gasteiger partial charge in [0.2, 0.25) is 5.88 Å². The number of carboxylic acid groups (broad SMARTS) is 1. The predicted molar refractivity (Wildman–Crippen MR) is 72.6 cm³/mol. The van der Waals surface area contributed by atoms with Gasteiger partial charge in [-0.1, -0.05) is 20.8 Å². The number of aromatic carboxylic acids is 1.